The van der Waals surface area contributed by atoms with Gasteiger partial charge in [-0.15, -0.1) is 0 Å². The van der Waals surface area contributed by atoms with Crippen LogP contribution in [0.3, 0.4) is 0 Å². The van der Waals surface area contributed by atoms with Gasteiger partial charge in [0.1, 0.15) is 5.75 Å². The number of methoxy groups -OCH3 is 1. The predicted molar refractivity (Wildman–Crippen MR) is 102 cm³/mol. The molecule has 5 nitrogen and oxygen atoms in total. The molecule has 2 saturated heterocycles. The van der Waals surface area contributed by atoms with Gasteiger partial charge in [-0.25, -0.2) is 8.42 Å². The van der Waals surface area contributed by atoms with E-state index in [9.17, 15) is 8.42 Å². The smallest absolute Gasteiger partial charge is 0.243 e. The second kappa shape index (κ2) is 7.49. The van der Waals surface area contributed by atoms with Crippen LogP contribution in [0.1, 0.15) is 38.5 Å². The Hall–Kier alpha value is -1.11. The first-order valence-corrected chi connectivity index (χ1v) is 11.4. The highest BCUT2D eigenvalue weighted by Crippen LogP contribution is 2.40. The molecule has 1 aliphatic carbocycles. The first kappa shape index (κ1) is 18.3. The Morgan fingerprint density at radius 3 is 2.12 bits per heavy atom. The fourth-order valence-corrected chi connectivity index (χ4v) is 6.82. The Morgan fingerprint density at radius 2 is 1.54 bits per heavy atom. The van der Waals surface area contributed by atoms with Crippen LogP contribution in [0.5, 0.6) is 5.75 Å². The van der Waals surface area contributed by atoms with Gasteiger partial charge in [-0.1, -0.05) is 12.8 Å². The Balaban J connectivity index is 1.54. The van der Waals surface area contributed by atoms with Gasteiger partial charge < -0.3 is 4.74 Å². The van der Waals surface area contributed by atoms with E-state index in [1.54, 1.807) is 35.7 Å². The third-order valence-corrected chi connectivity index (χ3v) is 8.35. The molecule has 144 valence electrons. The molecular weight excluding hydrogens is 348 g/mol. The number of likely N-dealkylation sites (tertiary alicyclic amines) is 1. The summed E-state index contributed by atoms with van der Waals surface area (Å²) in [6.45, 7) is 3.74. The lowest BCUT2D eigenvalue weighted by Gasteiger charge is -2.52. The van der Waals surface area contributed by atoms with Crippen molar-refractivity contribution >= 4 is 10.0 Å². The minimum atomic E-state index is -3.42. The second-order valence-electron chi connectivity index (χ2n) is 8.04. The van der Waals surface area contributed by atoms with Crippen LogP contribution in [0.2, 0.25) is 0 Å². The summed E-state index contributed by atoms with van der Waals surface area (Å²) in [5.74, 6) is 1.65. The molecule has 0 unspecified atom stereocenters. The van der Waals surface area contributed by atoms with E-state index < -0.39 is 10.0 Å². The van der Waals surface area contributed by atoms with Crippen molar-refractivity contribution in [2.24, 2.45) is 11.8 Å². The van der Waals surface area contributed by atoms with E-state index >= 15 is 0 Å². The minimum Gasteiger partial charge on any atom is -0.497 e. The van der Waals surface area contributed by atoms with Crippen molar-refractivity contribution in [2.75, 3.05) is 33.3 Å². The third-order valence-electron chi connectivity index (χ3n) is 6.50. The summed E-state index contributed by atoms with van der Waals surface area (Å²) in [6.07, 6.45) is 7.50. The summed E-state index contributed by atoms with van der Waals surface area (Å²) in [5, 5.41) is 0. The maximum Gasteiger partial charge on any atom is 0.243 e. The zero-order valence-electron chi connectivity index (χ0n) is 15.6. The van der Waals surface area contributed by atoms with E-state index in [1.165, 1.54) is 38.8 Å². The standard InChI is InChI=1S/C20H30N2O3S/c1-25-18-8-10-19(11-9-18)26(23,24)22-14-16-6-5-7-17(15-22)20(16)21-12-3-2-4-13-21/h8-11,16-17,20H,2-7,12-15H2,1H3/t16-,17-/m1/s1. The summed E-state index contributed by atoms with van der Waals surface area (Å²) < 4.78 is 33.3. The van der Waals surface area contributed by atoms with E-state index in [4.69, 9.17) is 4.74 Å². The van der Waals surface area contributed by atoms with Crippen LogP contribution in [-0.4, -0.2) is 57.0 Å². The summed E-state index contributed by atoms with van der Waals surface area (Å²) in [6, 6.07) is 7.38. The van der Waals surface area contributed by atoms with Gasteiger partial charge in [0.15, 0.2) is 0 Å². The van der Waals surface area contributed by atoms with E-state index in [1.807, 2.05) is 0 Å². The van der Waals surface area contributed by atoms with Crippen LogP contribution in [0.4, 0.5) is 0 Å². The molecule has 2 atom stereocenters. The average molecular weight is 379 g/mol. The van der Waals surface area contributed by atoms with Gasteiger partial charge in [0, 0.05) is 19.1 Å². The minimum absolute atomic E-state index is 0.382. The third kappa shape index (κ3) is 3.39. The molecule has 3 aliphatic rings. The number of ether oxygens (including phenoxy) is 1. The number of sulfonamides is 1. The zero-order valence-corrected chi connectivity index (χ0v) is 16.5. The van der Waals surface area contributed by atoms with Gasteiger partial charge >= 0.3 is 0 Å². The van der Waals surface area contributed by atoms with Gasteiger partial charge in [-0.3, -0.25) is 4.90 Å². The number of benzene rings is 1. The zero-order chi connectivity index (χ0) is 18.1. The van der Waals surface area contributed by atoms with Crippen LogP contribution in [0.25, 0.3) is 0 Å². The molecule has 0 N–H and O–H groups in total. The number of nitrogens with zero attached hydrogens (tertiary/aromatic N) is 2. The van der Waals surface area contributed by atoms with Crippen molar-refractivity contribution in [1.82, 2.24) is 9.21 Å². The molecule has 0 radical (unpaired) electrons. The van der Waals surface area contributed by atoms with E-state index in [2.05, 4.69) is 4.90 Å². The highest BCUT2D eigenvalue weighted by Gasteiger charge is 2.45. The molecule has 2 heterocycles. The Labute approximate surface area is 157 Å². The van der Waals surface area contributed by atoms with Gasteiger partial charge in [-0.2, -0.15) is 4.31 Å². The predicted octanol–water partition coefficient (Wildman–Crippen LogP) is 2.97. The monoisotopic (exact) mass is 378 g/mol. The lowest BCUT2D eigenvalue weighted by Crippen LogP contribution is -2.59. The summed E-state index contributed by atoms with van der Waals surface area (Å²) in [5.41, 5.74) is 0. The molecule has 2 aliphatic heterocycles. The number of piperidine rings is 2. The SMILES string of the molecule is COc1ccc(S(=O)(=O)N2C[C@H]3CCC[C@H](C2)C3N2CCCCC2)cc1. The van der Waals surface area contributed by atoms with Crippen molar-refractivity contribution in [2.45, 2.75) is 49.5 Å². The molecule has 26 heavy (non-hydrogen) atoms. The fraction of sp³-hybridized carbons (Fsp3) is 0.700. The Kier molecular flexibility index (Phi) is 5.26. The highest BCUT2D eigenvalue weighted by atomic mass is 32.2. The van der Waals surface area contributed by atoms with Crippen LogP contribution in [-0.2, 0) is 10.0 Å². The van der Waals surface area contributed by atoms with Crippen LogP contribution in [0, 0.1) is 11.8 Å². The van der Waals surface area contributed by atoms with Crippen molar-refractivity contribution in [1.29, 1.82) is 0 Å². The first-order valence-electron chi connectivity index (χ1n) is 9.98. The van der Waals surface area contributed by atoms with Crippen LogP contribution in [0.15, 0.2) is 29.2 Å². The average Bonchev–Trinajstić information content (AvgIpc) is 2.67. The molecule has 0 amide bonds. The van der Waals surface area contributed by atoms with Crippen molar-refractivity contribution in [3.8, 4) is 5.75 Å². The van der Waals surface area contributed by atoms with Crippen molar-refractivity contribution in [3.63, 3.8) is 0 Å². The maximum atomic E-state index is 13.2. The van der Waals surface area contributed by atoms with Gasteiger partial charge in [-0.05, 0) is 74.9 Å². The molecular formula is C20H30N2O3S. The van der Waals surface area contributed by atoms with Crippen molar-refractivity contribution < 1.29 is 13.2 Å². The lowest BCUT2D eigenvalue weighted by molar-refractivity contribution is -0.00311. The van der Waals surface area contributed by atoms with Gasteiger partial charge in [0.25, 0.3) is 0 Å². The van der Waals surface area contributed by atoms with Crippen LogP contribution < -0.4 is 4.74 Å². The summed E-state index contributed by atoms with van der Waals surface area (Å²) >= 11 is 0. The molecule has 1 saturated carbocycles. The number of hydrogen-bond acceptors (Lipinski definition) is 4. The Morgan fingerprint density at radius 1 is 0.923 bits per heavy atom. The second-order valence-corrected chi connectivity index (χ2v) is 9.97. The van der Waals surface area contributed by atoms with Crippen LogP contribution >= 0.6 is 0 Å². The summed E-state index contributed by atoms with van der Waals surface area (Å²) in [7, 11) is -1.83. The van der Waals surface area contributed by atoms with Gasteiger partial charge in [0.2, 0.25) is 10.0 Å². The quantitative estimate of drug-likeness (QED) is 0.808. The number of fused-ring (bicyclic) bond motifs is 2. The van der Waals surface area contributed by atoms with E-state index in [0.717, 1.165) is 12.8 Å². The number of rotatable bonds is 4. The molecule has 1 aromatic carbocycles. The molecule has 3 fully saturated rings. The maximum absolute atomic E-state index is 13.2. The normalized spacial score (nSPS) is 30.9. The largest absolute Gasteiger partial charge is 0.497 e. The summed E-state index contributed by atoms with van der Waals surface area (Å²) in [4.78, 5) is 3.06. The molecule has 2 bridgehead atoms. The van der Waals surface area contributed by atoms with Crippen molar-refractivity contribution in [3.05, 3.63) is 24.3 Å². The van der Waals surface area contributed by atoms with E-state index in [0.29, 0.717) is 41.6 Å². The molecule has 1 aromatic rings. The van der Waals surface area contributed by atoms with E-state index in [-0.39, 0.29) is 0 Å². The molecule has 0 spiro atoms. The highest BCUT2D eigenvalue weighted by molar-refractivity contribution is 7.89. The lowest BCUT2D eigenvalue weighted by atomic mass is 9.73. The number of hydrogen-bond donors (Lipinski definition) is 0. The molecule has 6 heteroatoms. The fourth-order valence-electron chi connectivity index (χ4n) is 5.27. The Bertz CT molecular complexity index is 699. The topological polar surface area (TPSA) is 49.9 Å². The molecule has 4 rings (SSSR count). The first-order chi connectivity index (χ1) is 12.6. The van der Waals surface area contributed by atoms with Gasteiger partial charge in [0.05, 0.1) is 12.0 Å². The molecule has 0 aromatic heterocycles.